The minimum atomic E-state index is -0.178. The van der Waals surface area contributed by atoms with E-state index in [1.54, 1.807) is 18.2 Å². The monoisotopic (exact) mass is 372 g/mol. The summed E-state index contributed by atoms with van der Waals surface area (Å²) in [7, 11) is 1.96. The lowest BCUT2D eigenvalue weighted by molar-refractivity contribution is 0.0588. The number of nitrogens with one attached hydrogen (secondary N) is 1. The van der Waals surface area contributed by atoms with Gasteiger partial charge in [-0.1, -0.05) is 52.0 Å². The average molecular weight is 373 g/mol. The molecule has 0 fully saturated rings. The number of rotatable bonds is 4. The standard InChI is InChI=1S/C13H16N2O.C6H5F.2C2H6/c1-15-6-2-3-13-12-5-4-10(8-14)7-11(12)9-16-13;7-6-4-2-1-3-5-6;2*1-2/h4-5,7,13,15H,2-3,6,9H2,1H3;1-5H;2*1-2H3. The van der Waals surface area contributed by atoms with Crippen molar-refractivity contribution in [3.63, 3.8) is 0 Å². The Morgan fingerprint density at radius 3 is 2.30 bits per heavy atom. The number of hydrogen-bond donors (Lipinski definition) is 1. The zero-order valence-electron chi connectivity index (χ0n) is 17.3. The van der Waals surface area contributed by atoms with E-state index >= 15 is 0 Å². The maximum atomic E-state index is 11.9. The molecule has 1 aliphatic rings. The van der Waals surface area contributed by atoms with Crippen LogP contribution in [0.4, 0.5) is 4.39 Å². The first-order valence-corrected chi connectivity index (χ1v) is 9.74. The smallest absolute Gasteiger partial charge is 0.123 e. The summed E-state index contributed by atoms with van der Waals surface area (Å²) in [5, 5.41) is 11.9. The summed E-state index contributed by atoms with van der Waals surface area (Å²) in [6, 6.07) is 15.9. The van der Waals surface area contributed by atoms with Crippen molar-refractivity contribution in [2.45, 2.75) is 53.2 Å². The Labute approximate surface area is 164 Å². The largest absolute Gasteiger partial charge is 0.369 e. The van der Waals surface area contributed by atoms with Gasteiger partial charge in [0.15, 0.2) is 0 Å². The van der Waals surface area contributed by atoms with Crippen LogP contribution in [0.5, 0.6) is 0 Å². The summed E-state index contributed by atoms with van der Waals surface area (Å²) in [5.74, 6) is -0.178. The molecule has 148 valence electrons. The van der Waals surface area contributed by atoms with Crippen LogP contribution in [0.3, 0.4) is 0 Å². The van der Waals surface area contributed by atoms with Crippen LogP contribution >= 0.6 is 0 Å². The molecule has 0 spiro atoms. The van der Waals surface area contributed by atoms with Crippen LogP contribution in [0.15, 0.2) is 48.5 Å². The van der Waals surface area contributed by atoms with Crippen LogP contribution in [-0.2, 0) is 11.3 Å². The number of nitrogens with zero attached hydrogens (tertiary/aromatic N) is 1. The highest BCUT2D eigenvalue weighted by molar-refractivity contribution is 5.40. The molecule has 0 saturated heterocycles. The van der Waals surface area contributed by atoms with Gasteiger partial charge in [0.05, 0.1) is 24.3 Å². The van der Waals surface area contributed by atoms with Crippen LogP contribution in [0.25, 0.3) is 0 Å². The summed E-state index contributed by atoms with van der Waals surface area (Å²) in [6.45, 7) is 9.67. The first kappa shape index (κ1) is 24.8. The molecule has 1 atom stereocenters. The van der Waals surface area contributed by atoms with E-state index in [1.165, 1.54) is 23.3 Å². The molecular weight excluding hydrogens is 339 g/mol. The number of hydrogen-bond acceptors (Lipinski definition) is 3. The maximum absolute atomic E-state index is 11.9. The second-order valence-electron chi connectivity index (χ2n) is 5.37. The summed E-state index contributed by atoms with van der Waals surface area (Å²) in [6.07, 6.45) is 2.37. The molecule has 1 unspecified atom stereocenters. The molecular formula is C23H33FN2O. The molecule has 3 nitrogen and oxygen atoms in total. The van der Waals surface area contributed by atoms with Crippen LogP contribution < -0.4 is 5.32 Å². The summed E-state index contributed by atoms with van der Waals surface area (Å²) >= 11 is 0. The number of benzene rings is 2. The fraction of sp³-hybridized carbons (Fsp3) is 0.435. The van der Waals surface area contributed by atoms with E-state index < -0.39 is 0 Å². The third-order valence-corrected chi connectivity index (χ3v) is 3.69. The fourth-order valence-electron chi connectivity index (χ4n) is 2.51. The van der Waals surface area contributed by atoms with E-state index in [4.69, 9.17) is 10.00 Å². The third kappa shape index (κ3) is 9.33. The molecule has 1 N–H and O–H groups in total. The second kappa shape index (κ2) is 16.0. The average Bonchev–Trinajstić information content (AvgIpc) is 3.14. The van der Waals surface area contributed by atoms with Gasteiger partial charge in [-0.3, -0.25) is 0 Å². The molecule has 0 aromatic heterocycles. The van der Waals surface area contributed by atoms with Gasteiger partial charge in [0, 0.05) is 0 Å². The minimum Gasteiger partial charge on any atom is -0.369 e. The molecule has 27 heavy (non-hydrogen) atoms. The molecule has 0 saturated carbocycles. The topological polar surface area (TPSA) is 45.0 Å². The zero-order valence-corrected chi connectivity index (χ0v) is 17.3. The molecule has 0 aliphatic carbocycles. The molecule has 3 rings (SSSR count). The normalized spacial score (nSPS) is 13.4. The van der Waals surface area contributed by atoms with Gasteiger partial charge in [-0.2, -0.15) is 5.26 Å². The van der Waals surface area contributed by atoms with Crippen LogP contribution in [0.1, 0.15) is 63.3 Å². The van der Waals surface area contributed by atoms with Gasteiger partial charge in [0.25, 0.3) is 0 Å². The van der Waals surface area contributed by atoms with Crippen LogP contribution in [0, 0.1) is 17.1 Å². The van der Waals surface area contributed by atoms with E-state index in [-0.39, 0.29) is 11.9 Å². The predicted molar refractivity (Wildman–Crippen MR) is 111 cm³/mol. The Kier molecular flexibility index (Phi) is 14.7. The predicted octanol–water partition coefficient (Wildman–Crippen LogP) is 6.01. The van der Waals surface area contributed by atoms with Crippen molar-refractivity contribution in [2.75, 3.05) is 13.6 Å². The lowest BCUT2D eigenvalue weighted by Gasteiger charge is -2.10. The van der Waals surface area contributed by atoms with Crippen molar-refractivity contribution in [1.29, 1.82) is 5.26 Å². The number of ether oxygens (including phenoxy) is 1. The highest BCUT2D eigenvalue weighted by Crippen LogP contribution is 2.34. The maximum Gasteiger partial charge on any atom is 0.123 e. The van der Waals surface area contributed by atoms with Crippen molar-refractivity contribution in [3.8, 4) is 6.07 Å². The van der Waals surface area contributed by atoms with Crippen molar-refractivity contribution in [3.05, 3.63) is 71.0 Å². The van der Waals surface area contributed by atoms with Gasteiger partial charge in [0.2, 0.25) is 0 Å². The first-order chi connectivity index (χ1) is 13.2. The first-order valence-electron chi connectivity index (χ1n) is 9.74. The van der Waals surface area contributed by atoms with Gasteiger partial charge in [0.1, 0.15) is 5.82 Å². The summed E-state index contributed by atoms with van der Waals surface area (Å²) < 4.78 is 17.6. The Bertz CT molecular complexity index is 653. The minimum absolute atomic E-state index is 0.178. The fourth-order valence-corrected chi connectivity index (χ4v) is 2.51. The van der Waals surface area contributed by atoms with Gasteiger partial charge in [-0.05, 0) is 61.8 Å². The molecule has 0 amide bonds. The Hall–Kier alpha value is -2.22. The van der Waals surface area contributed by atoms with Crippen LogP contribution in [-0.4, -0.2) is 13.6 Å². The molecule has 0 bridgehead atoms. The van der Waals surface area contributed by atoms with E-state index in [0.29, 0.717) is 6.61 Å². The second-order valence-corrected chi connectivity index (χ2v) is 5.37. The van der Waals surface area contributed by atoms with Crippen molar-refractivity contribution in [1.82, 2.24) is 5.32 Å². The van der Waals surface area contributed by atoms with Crippen molar-refractivity contribution < 1.29 is 9.13 Å². The lowest BCUT2D eigenvalue weighted by atomic mass is 10.00. The molecule has 4 heteroatoms. The van der Waals surface area contributed by atoms with Crippen molar-refractivity contribution in [2.24, 2.45) is 0 Å². The van der Waals surface area contributed by atoms with E-state index in [9.17, 15) is 4.39 Å². The highest BCUT2D eigenvalue weighted by Gasteiger charge is 2.22. The van der Waals surface area contributed by atoms with Gasteiger partial charge < -0.3 is 10.1 Å². The molecule has 1 heterocycles. The molecule has 2 aromatic carbocycles. The molecule has 2 aromatic rings. The summed E-state index contributed by atoms with van der Waals surface area (Å²) in [4.78, 5) is 0. The van der Waals surface area contributed by atoms with Gasteiger partial charge >= 0.3 is 0 Å². The van der Waals surface area contributed by atoms with E-state index in [1.807, 2.05) is 52.9 Å². The zero-order chi connectivity index (χ0) is 20.5. The van der Waals surface area contributed by atoms with Gasteiger partial charge in [-0.25, -0.2) is 4.39 Å². The van der Waals surface area contributed by atoms with Gasteiger partial charge in [-0.15, -0.1) is 0 Å². The summed E-state index contributed by atoms with van der Waals surface area (Å²) in [5.41, 5.74) is 3.15. The molecule has 1 aliphatic heterocycles. The Balaban J connectivity index is 0.000000514. The third-order valence-electron chi connectivity index (χ3n) is 3.69. The van der Waals surface area contributed by atoms with Crippen LogP contribution in [0.2, 0.25) is 0 Å². The SMILES string of the molecule is CC.CC.CNCCCC1OCc2cc(C#N)ccc21.Fc1ccccc1. The molecule has 0 radical (unpaired) electrons. The lowest BCUT2D eigenvalue weighted by Crippen LogP contribution is -2.09. The van der Waals surface area contributed by atoms with Crippen molar-refractivity contribution >= 4 is 0 Å². The number of nitriles is 1. The number of halogens is 1. The Morgan fingerprint density at radius 1 is 1.11 bits per heavy atom. The van der Waals surface area contributed by atoms with E-state index in [0.717, 1.165) is 24.9 Å². The highest BCUT2D eigenvalue weighted by atomic mass is 19.1. The van der Waals surface area contributed by atoms with E-state index in [2.05, 4.69) is 11.4 Å². The quantitative estimate of drug-likeness (QED) is 0.669. The number of fused-ring (bicyclic) bond motifs is 1. The Morgan fingerprint density at radius 2 is 1.78 bits per heavy atom.